The summed E-state index contributed by atoms with van der Waals surface area (Å²) in [6.45, 7) is 1.73. The van der Waals surface area contributed by atoms with Crippen LogP contribution in [0.4, 0.5) is 18.3 Å². The fourth-order valence-electron chi connectivity index (χ4n) is 2.53. The molecule has 4 nitrogen and oxygen atoms in total. The lowest BCUT2D eigenvalue weighted by atomic mass is 10.0. The highest BCUT2D eigenvalue weighted by Gasteiger charge is 2.39. The van der Waals surface area contributed by atoms with E-state index in [9.17, 15) is 13.2 Å². The third kappa shape index (κ3) is 3.22. The van der Waals surface area contributed by atoms with Gasteiger partial charge in [-0.25, -0.2) is 0 Å². The number of hydrogen-bond acceptors (Lipinski definition) is 5. The maximum absolute atomic E-state index is 12.6. The first-order valence-electron chi connectivity index (χ1n) is 6.95. The van der Waals surface area contributed by atoms with Gasteiger partial charge in [-0.05, 0) is 32.2 Å². The predicted octanol–water partition coefficient (Wildman–Crippen LogP) is 2.67. The molecule has 1 N–H and O–H groups in total. The third-order valence-electron chi connectivity index (χ3n) is 3.73. The summed E-state index contributed by atoms with van der Waals surface area (Å²) < 4.78 is 41.2. The summed E-state index contributed by atoms with van der Waals surface area (Å²) in [5, 5.41) is 3.84. The lowest BCUT2D eigenvalue weighted by molar-refractivity contribution is -0.144. The van der Waals surface area contributed by atoms with Crippen molar-refractivity contribution in [3.05, 3.63) is 5.82 Å². The zero-order valence-electron chi connectivity index (χ0n) is 11.0. The maximum Gasteiger partial charge on any atom is 0.452 e. The monoisotopic (exact) mass is 306 g/mol. The van der Waals surface area contributed by atoms with Crippen LogP contribution in [0.3, 0.4) is 0 Å². The minimum atomic E-state index is -4.45. The second-order valence-corrected chi connectivity index (χ2v) is 6.16. The summed E-state index contributed by atoms with van der Waals surface area (Å²) in [4.78, 5) is 5.70. The summed E-state index contributed by atoms with van der Waals surface area (Å²) in [6.07, 6.45) is 1.06. The van der Waals surface area contributed by atoms with Crippen molar-refractivity contribution in [1.29, 1.82) is 0 Å². The fourth-order valence-corrected chi connectivity index (χ4v) is 3.30. The van der Waals surface area contributed by atoms with Crippen molar-refractivity contribution in [3.8, 4) is 0 Å². The summed E-state index contributed by atoms with van der Waals surface area (Å²) in [7, 11) is 0. The van der Waals surface area contributed by atoms with Crippen LogP contribution >= 0.6 is 11.5 Å². The smallest absolute Gasteiger partial charge is 0.342 e. The Morgan fingerprint density at radius 2 is 2.05 bits per heavy atom. The van der Waals surface area contributed by atoms with Gasteiger partial charge in [0.1, 0.15) is 0 Å². The molecule has 1 aliphatic carbocycles. The Balaban J connectivity index is 1.71. The highest BCUT2D eigenvalue weighted by atomic mass is 32.1. The van der Waals surface area contributed by atoms with E-state index >= 15 is 0 Å². The second kappa shape index (κ2) is 5.48. The molecule has 1 saturated carbocycles. The van der Waals surface area contributed by atoms with Gasteiger partial charge in [0.25, 0.3) is 0 Å². The Morgan fingerprint density at radius 3 is 2.60 bits per heavy atom. The van der Waals surface area contributed by atoms with Crippen molar-refractivity contribution in [3.63, 3.8) is 0 Å². The number of hydrogen-bond donors (Lipinski definition) is 1. The van der Waals surface area contributed by atoms with E-state index in [-0.39, 0.29) is 0 Å². The van der Waals surface area contributed by atoms with Crippen molar-refractivity contribution in [1.82, 2.24) is 14.7 Å². The van der Waals surface area contributed by atoms with Gasteiger partial charge in [-0.3, -0.25) is 0 Å². The Labute approximate surface area is 119 Å². The van der Waals surface area contributed by atoms with Gasteiger partial charge >= 0.3 is 6.18 Å². The predicted molar refractivity (Wildman–Crippen MR) is 70.9 cm³/mol. The molecule has 0 bridgehead atoms. The number of halogens is 3. The largest absolute Gasteiger partial charge is 0.452 e. The third-order valence-corrected chi connectivity index (χ3v) is 4.48. The average Bonchev–Trinajstić information content (AvgIpc) is 3.12. The van der Waals surface area contributed by atoms with Crippen molar-refractivity contribution in [2.24, 2.45) is 0 Å². The lowest BCUT2D eigenvalue weighted by Gasteiger charge is -2.30. The summed E-state index contributed by atoms with van der Waals surface area (Å²) in [5.41, 5.74) is 0. The highest BCUT2D eigenvalue weighted by molar-refractivity contribution is 7.09. The van der Waals surface area contributed by atoms with Gasteiger partial charge in [0, 0.05) is 30.2 Å². The van der Waals surface area contributed by atoms with Crippen LogP contribution in [0, 0.1) is 0 Å². The lowest BCUT2D eigenvalue weighted by Crippen LogP contribution is -2.44. The molecule has 3 rings (SSSR count). The number of alkyl halides is 3. The molecule has 1 saturated heterocycles. The van der Waals surface area contributed by atoms with Gasteiger partial charge in [-0.1, -0.05) is 6.42 Å². The number of aromatic nitrogens is 2. The van der Waals surface area contributed by atoms with E-state index in [0.29, 0.717) is 17.2 Å². The van der Waals surface area contributed by atoms with E-state index in [0.717, 1.165) is 43.9 Å². The van der Waals surface area contributed by atoms with Crippen molar-refractivity contribution in [2.45, 2.75) is 50.4 Å². The molecule has 1 atom stereocenters. The Morgan fingerprint density at radius 1 is 1.25 bits per heavy atom. The normalized spacial score (nSPS) is 23.9. The van der Waals surface area contributed by atoms with Gasteiger partial charge in [-0.2, -0.15) is 22.5 Å². The Hall–Kier alpha value is -0.890. The standard InChI is InChI=1S/C12H17F3N4S/c13-12(14,15)10-17-11(20-18-10)19(9-4-5-9)7-8-3-1-2-6-16-8/h8-9,16H,1-7H2. The van der Waals surface area contributed by atoms with E-state index < -0.39 is 12.0 Å². The molecule has 8 heteroatoms. The van der Waals surface area contributed by atoms with Crippen molar-refractivity contribution in [2.75, 3.05) is 18.0 Å². The van der Waals surface area contributed by atoms with Crippen LogP contribution in [0.2, 0.25) is 0 Å². The molecular weight excluding hydrogens is 289 g/mol. The maximum atomic E-state index is 12.6. The molecular formula is C12H17F3N4S. The molecule has 0 radical (unpaired) electrons. The SMILES string of the molecule is FC(F)(F)c1nsc(N(CC2CCCCN2)C2CC2)n1. The Bertz CT molecular complexity index is 452. The van der Waals surface area contributed by atoms with Crippen LogP contribution in [0.25, 0.3) is 0 Å². The quantitative estimate of drug-likeness (QED) is 0.928. The topological polar surface area (TPSA) is 41.1 Å². The van der Waals surface area contributed by atoms with E-state index in [1.165, 1.54) is 12.8 Å². The van der Waals surface area contributed by atoms with Crippen LogP contribution in [0.5, 0.6) is 0 Å². The van der Waals surface area contributed by atoms with Gasteiger partial charge < -0.3 is 10.2 Å². The number of rotatable bonds is 4. The molecule has 20 heavy (non-hydrogen) atoms. The van der Waals surface area contributed by atoms with E-state index in [2.05, 4.69) is 14.7 Å². The summed E-state index contributed by atoms with van der Waals surface area (Å²) in [5.74, 6) is -1.01. The molecule has 0 spiro atoms. The molecule has 2 heterocycles. The van der Waals surface area contributed by atoms with Gasteiger partial charge in [0.15, 0.2) is 0 Å². The van der Waals surface area contributed by atoms with Gasteiger partial charge in [0.05, 0.1) is 0 Å². The molecule has 0 aromatic carbocycles. The Kier molecular flexibility index (Phi) is 3.85. The number of nitrogens with one attached hydrogen (secondary N) is 1. The fraction of sp³-hybridized carbons (Fsp3) is 0.833. The molecule has 1 aromatic heterocycles. The first-order chi connectivity index (χ1) is 9.54. The van der Waals surface area contributed by atoms with Gasteiger partial charge in [-0.15, -0.1) is 0 Å². The molecule has 2 fully saturated rings. The average molecular weight is 306 g/mol. The first kappa shape index (κ1) is 14.1. The molecule has 1 aliphatic heterocycles. The first-order valence-corrected chi connectivity index (χ1v) is 7.72. The molecule has 1 aromatic rings. The molecule has 1 unspecified atom stereocenters. The van der Waals surface area contributed by atoms with Gasteiger partial charge in [0.2, 0.25) is 11.0 Å². The van der Waals surface area contributed by atoms with E-state index in [4.69, 9.17) is 0 Å². The van der Waals surface area contributed by atoms with Crippen LogP contribution in [-0.2, 0) is 6.18 Å². The summed E-state index contributed by atoms with van der Waals surface area (Å²) in [6, 6.07) is 0.690. The highest BCUT2D eigenvalue weighted by Crippen LogP contribution is 2.36. The van der Waals surface area contributed by atoms with Crippen LogP contribution in [0.15, 0.2) is 0 Å². The van der Waals surface area contributed by atoms with Crippen molar-refractivity contribution >= 4 is 16.7 Å². The number of nitrogens with zero attached hydrogens (tertiary/aromatic N) is 3. The minimum Gasteiger partial charge on any atom is -0.342 e. The zero-order valence-corrected chi connectivity index (χ0v) is 11.8. The van der Waals surface area contributed by atoms with Crippen LogP contribution < -0.4 is 10.2 Å². The van der Waals surface area contributed by atoms with Crippen LogP contribution in [0.1, 0.15) is 37.9 Å². The molecule has 0 amide bonds. The van der Waals surface area contributed by atoms with Crippen molar-refractivity contribution < 1.29 is 13.2 Å². The second-order valence-electron chi connectivity index (χ2n) is 5.43. The molecule has 2 aliphatic rings. The number of piperidine rings is 1. The van der Waals surface area contributed by atoms with Crippen LogP contribution in [-0.4, -0.2) is 34.5 Å². The summed E-state index contributed by atoms with van der Waals surface area (Å²) >= 11 is 0.858. The van der Waals surface area contributed by atoms with E-state index in [1.54, 1.807) is 0 Å². The number of anilines is 1. The zero-order chi connectivity index (χ0) is 14.2. The molecule has 112 valence electrons. The van der Waals surface area contributed by atoms with E-state index in [1.807, 2.05) is 4.90 Å². The minimum absolute atomic E-state index is 0.341.